The van der Waals surface area contributed by atoms with Crippen molar-refractivity contribution in [2.45, 2.75) is 57.8 Å². The smallest absolute Gasteiger partial charge is 0.230 e. The van der Waals surface area contributed by atoms with Gasteiger partial charge < -0.3 is 10.2 Å². The van der Waals surface area contributed by atoms with Gasteiger partial charge in [0.15, 0.2) is 0 Å². The van der Waals surface area contributed by atoms with Gasteiger partial charge in [-0.2, -0.15) is 0 Å². The lowest BCUT2D eigenvalue weighted by molar-refractivity contribution is -0.128. The first-order valence-corrected chi connectivity index (χ1v) is 9.29. The first-order valence-electron chi connectivity index (χ1n) is 9.29. The van der Waals surface area contributed by atoms with Crippen molar-refractivity contribution in [3.63, 3.8) is 0 Å². The molecule has 128 valence electrons. The Morgan fingerprint density at radius 1 is 1.09 bits per heavy atom. The zero-order chi connectivity index (χ0) is 16.5. The molecule has 1 saturated heterocycles. The van der Waals surface area contributed by atoms with Gasteiger partial charge in [-0.3, -0.25) is 4.79 Å². The molecule has 0 unspecified atom stereocenters. The van der Waals surface area contributed by atoms with Gasteiger partial charge in [0.25, 0.3) is 0 Å². The molecular formula is C20H32N2O. The lowest BCUT2D eigenvalue weighted by Gasteiger charge is -2.41. The predicted octanol–water partition coefficient (Wildman–Crippen LogP) is 3.74. The van der Waals surface area contributed by atoms with Crippen LogP contribution in [0.25, 0.3) is 0 Å². The number of hydrogen-bond acceptors (Lipinski definition) is 2. The van der Waals surface area contributed by atoms with Crippen LogP contribution in [0.5, 0.6) is 0 Å². The fourth-order valence-corrected chi connectivity index (χ4v) is 3.65. The van der Waals surface area contributed by atoms with Gasteiger partial charge in [-0.05, 0) is 51.4 Å². The second-order valence-electron chi connectivity index (χ2n) is 6.71. The molecule has 1 aromatic rings. The van der Waals surface area contributed by atoms with Gasteiger partial charge in [-0.1, -0.05) is 56.5 Å². The van der Waals surface area contributed by atoms with Crippen molar-refractivity contribution in [1.29, 1.82) is 0 Å². The Balaban J connectivity index is 2.00. The molecule has 1 aliphatic heterocycles. The molecule has 1 amide bonds. The molecule has 3 nitrogen and oxygen atoms in total. The molecular weight excluding hydrogens is 284 g/mol. The molecule has 23 heavy (non-hydrogen) atoms. The first-order chi connectivity index (χ1) is 11.2. The van der Waals surface area contributed by atoms with E-state index in [1.54, 1.807) is 0 Å². The third kappa shape index (κ3) is 4.57. The van der Waals surface area contributed by atoms with Crippen molar-refractivity contribution in [3.05, 3.63) is 35.9 Å². The number of likely N-dealkylation sites (tertiary alicyclic amines) is 1. The number of carbonyl (C=O) groups is 1. The number of nitrogens with one attached hydrogen (secondary N) is 1. The Kier molecular flexibility index (Phi) is 7.10. The van der Waals surface area contributed by atoms with E-state index in [-0.39, 0.29) is 11.3 Å². The molecule has 0 spiro atoms. The number of nitrogens with zero attached hydrogens (tertiary/aromatic N) is 1. The molecule has 0 aliphatic carbocycles. The fourth-order valence-electron chi connectivity index (χ4n) is 3.65. The van der Waals surface area contributed by atoms with Crippen LogP contribution in [0, 0.1) is 0 Å². The topological polar surface area (TPSA) is 32.3 Å². The highest BCUT2D eigenvalue weighted by Gasteiger charge is 2.42. The summed E-state index contributed by atoms with van der Waals surface area (Å²) in [7, 11) is 0. The number of rotatable bonds is 8. The van der Waals surface area contributed by atoms with Crippen LogP contribution in [0.15, 0.2) is 30.3 Å². The van der Waals surface area contributed by atoms with E-state index in [2.05, 4.69) is 29.3 Å². The summed E-state index contributed by atoms with van der Waals surface area (Å²) < 4.78 is 0. The predicted molar refractivity (Wildman–Crippen MR) is 96.6 cm³/mol. The summed E-state index contributed by atoms with van der Waals surface area (Å²) in [6.45, 7) is 8.19. The summed E-state index contributed by atoms with van der Waals surface area (Å²) in [6, 6.07) is 10.4. The average Bonchev–Trinajstić information content (AvgIpc) is 2.60. The maximum absolute atomic E-state index is 12.8. The van der Waals surface area contributed by atoms with Gasteiger partial charge in [-0.25, -0.2) is 0 Å². The molecule has 0 saturated carbocycles. The average molecular weight is 316 g/mol. The van der Waals surface area contributed by atoms with E-state index in [1.165, 1.54) is 37.8 Å². The van der Waals surface area contributed by atoms with Crippen LogP contribution in [0.2, 0.25) is 0 Å². The van der Waals surface area contributed by atoms with Gasteiger partial charge >= 0.3 is 0 Å². The van der Waals surface area contributed by atoms with Crippen molar-refractivity contribution in [2.24, 2.45) is 0 Å². The van der Waals surface area contributed by atoms with Crippen LogP contribution < -0.4 is 5.32 Å². The molecule has 0 radical (unpaired) electrons. The minimum Gasteiger partial charge on any atom is -0.356 e. The SMILES string of the molecule is CCCCCCN1CCC(C(=O)NCC)(c2ccccc2)CC1. The Hall–Kier alpha value is -1.35. The van der Waals surface area contributed by atoms with E-state index >= 15 is 0 Å². The highest BCUT2D eigenvalue weighted by Crippen LogP contribution is 2.36. The fraction of sp³-hybridized carbons (Fsp3) is 0.650. The van der Waals surface area contributed by atoms with E-state index in [9.17, 15) is 4.79 Å². The van der Waals surface area contributed by atoms with Crippen LogP contribution in [-0.4, -0.2) is 37.0 Å². The van der Waals surface area contributed by atoms with E-state index in [0.29, 0.717) is 6.54 Å². The lowest BCUT2D eigenvalue weighted by Crippen LogP contribution is -2.51. The second kappa shape index (κ2) is 9.07. The van der Waals surface area contributed by atoms with Gasteiger partial charge in [0, 0.05) is 6.54 Å². The Labute approximate surface area is 141 Å². The van der Waals surface area contributed by atoms with Gasteiger partial charge in [0.1, 0.15) is 0 Å². The van der Waals surface area contributed by atoms with Crippen LogP contribution in [0.3, 0.4) is 0 Å². The molecule has 2 rings (SSSR count). The van der Waals surface area contributed by atoms with Gasteiger partial charge in [0.2, 0.25) is 5.91 Å². The van der Waals surface area contributed by atoms with E-state index in [0.717, 1.165) is 25.9 Å². The molecule has 3 heteroatoms. The highest BCUT2D eigenvalue weighted by molar-refractivity contribution is 5.88. The van der Waals surface area contributed by atoms with Crippen LogP contribution in [0.4, 0.5) is 0 Å². The minimum absolute atomic E-state index is 0.205. The summed E-state index contributed by atoms with van der Waals surface area (Å²) >= 11 is 0. The molecule has 1 aliphatic rings. The summed E-state index contributed by atoms with van der Waals surface area (Å²) in [5.74, 6) is 0.205. The number of unbranched alkanes of at least 4 members (excludes halogenated alkanes) is 3. The third-order valence-corrected chi connectivity index (χ3v) is 5.14. The maximum atomic E-state index is 12.8. The Morgan fingerprint density at radius 2 is 1.78 bits per heavy atom. The zero-order valence-corrected chi connectivity index (χ0v) is 14.8. The van der Waals surface area contributed by atoms with Crippen LogP contribution >= 0.6 is 0 Å². The molecule has 1 aromatic carbocycles. The zero-order valence-electron chi connectivity index (χ0n) is 14.8. The van der Waals surface area contributed by atoms with Crippen LogP contribution in [-0.2, 0) is 10.2 Å². The number of likely N-dealkylation sites (N-methyl/N-ethyl adjacent to an activating group) is 1. The molecule has 0 aromatic heterocycles. The third-order valence-electron chi connectivity index (χ3n) is 5.14. The Bertz CT molecular complexity index is 464. The lowest BCUT2D eigenvalue weighted by atomic mass is 9.72. The van der Waals surface area contributed by atoms with Gasteiger partial charge in [-0.15, -0.1) is 0 Å². The number of benzene rings is 1. The monoisotopic (exact) mass is 316 g/mol. The van der Waals surface area contributed by atoms with E-state index in [4.69, 9.17) is 0 Å². The quantitative estimate of drug-likeness (QED) is 0.741. The summed E-state index contributed by atoms with van der Waals surface area (Å²) in [6.07, 6.45) is 7.09. The molecule has 1 N–H and O–H groups in total. The number of carbonyl (C=O) groups excluding carboxylic acids is 1. The van der Waals surface area contributed by atoms with E-state index in [1.807, 2.05) is 25.1 Å². The summed E-state index contributed by atoms with van der Waals surface area (Å²) in [5, 5.41) is 3.07. The summed E-state index contributed by atoms with van der Waals surface area (Å²) in [4.78, 5) is 15.3. The van der Waals surface area contributed by atoms with Crippen molar-refractivity contribution in [2.75, 3.05) is 26.2 Å². The van der Waals surface area contributed by atoms with Crippen molar-refractivity contribution in [3.8, 4) is 0 Å². The van der Waals surface area contributed by atoms with Crippen LogP contribution in [0.1, 0.15) is 57.9 Å². The normalized spacial score (nSPS) is 17.8. The number of hydrogen-bond donors (Lipinski definition) is 1. The first kappa shape index (κ1) is 18.0. The van der Waals surface area contributed by atoms with Crippen molar-refractivity contribution in [1.82, 2.24) is 10.2 Å². The number of piperidine rings is 1. The molecule has 1 fully saturated rings. The van der Waals surface area contributed by atoms with Crippen molar-refractivity contribution >= 4 is 5.91 Å². The summed E-state index contributed by atoms with van der Waals surface area (Å²) in [5.41, 5.74) is 0.841. The number of amides is 1. The van der Waals surface area contributed by atoms with Gasteiger partial charge in [0.05, 0.1) is 5.41 Å². The minimum atomic E-state index is -0.336. The molecule has 0 bridgehead atoms. The highest BCUT2D eigenvalue weighted by atomic mass is 16.2. The van der Waals surface area contributed by atoms with E-state index < -0.39 is 0 Å². The second-order valence-corrected chi connectivity index (χ2v) is 6.71. The largest absolute Gasteiger partial charge is 0.356 e. The standard InChI is InChI=1S/C20H32N2O/c1-3-5-6-10-15-22-16-13-20(14-17-22,19(23)21-4-2)18-11-8-7-9-12-18/h7-9,11-12H,3-6,10,13-17H2,1-2H3,(H,21,23). The molecule has 1 heterocycles. The maximum Gasteiger partial charge on any atom is 0.230 e. The molecule has 0 atom stereocenters. The Morgan fingerprint density at radius 3 is 2.39 bits per heavy atom. The van der Waals surface area contributed by atoms with Crippen molar-refractivity contribution < 1.29 is 4.79 Å².